The molecule has 0 heterocycles. The lowest BCUT2D eigenvalue weighted by Crippen LogP contribution is -2.19. The van der Waals surface area contributed by atoms with Gasteiger partial charge in [0.1, 0.15) is 5.75 Å². The predicted molar refractivity (Wildman–Crippen MR) is 75.6 cm³/mol. The first-order chi connectivity index (χ1) is 9.06. The van der Waals surface area contributed by atoms with Crippen LogP contribution < -0.4 is 4.74 Å². The van der Waals surface area contributed by atoms with Crippen LogP contribution in [0.3, 0.4) is 0 Å². The fourth-order valence-electron chi connectivity index (χ4n) is 2.10. The maximum absolute atomic E-state index is 10.5. The molecule has 0 aliphatic rings. The minimum absolute atomic E-state index is 0.229. The van der Waals surface area contributed by atoms with Gasteiger partial charge in [-0.05, 0) is 43.6 Å². The Bertz CT molecular complexity index is 418. The highest BCUT2D eigenvalue weighted by atomic mass is 16.5. The van der Waals surface area contributed by atoms with Crippen LogP contribution in [0.15, 0.2) is 18.2 Å². The van der Waals surface area contributed by atoms with Crippen molar-refractivity contribution in [1.82, 2.24) is 4.90 Å². The summed E-state index contributed by atoms with van der Waals surface area (Å²) in [5.74, 6) is 0.200. The van der Waals surface area contributed by atoms with Crippen molar-refractivity contribution in [2.24, 2.45) is 0 Å². The number of carboxylic acid groups (broad SMARTS) is 1. The number of nitrogens with zero attached hydrogens (tertiary/aromatic N) is 1. The highest BCUT2D eigenvalue weighted by Crippen LogP contribution is 2.21. The van der Waals surface area contributed by atoms with Gasteiger partial charge in [-0.25, -0.2) is 0 Å². The summed E-state index contributed by atoms with van der Waals surface area (Å²) in [4.78, 5) is 12.6. The van der Waals surface area contributed by atoms with Crippen LogP contribution in [-0.2, 0) is 17.8 Å². The molecule has 1 rings (SSSR count). The predicted octanol–water partition coefficient (Wildman–Crippen LogP) is 2.55. The van der Waals surface area contributed by atoms with Crippen molar-refractivity contribution in [3.05, 3.63) is 29.3 Å². The number of methoxy groups -OCH3 is 1. The number of carbonyl (C=O) groups is 1. The monoisotopic (exact) mass is 265 g/mol. The molecule has 0 aliphatic heterocycles. The van der Waals surface area contributed by atoms with Crippen LogP contribution in [0.4, 0.5) is 0 Å². The number of aliphatic carboxylic acids is 1. The van der Waals surface area contributed by atoms with Gasteiger partial charge in [-0.15, -0.1) is 0 Å². The standard InChI is InChI=1S/C15H23NO3/c1-4-13-10-12(7-8-14(13)19-3)11-16(2)9-5-6-15(17)18/h7-8,10H,4-6,9,11H2,1-3H3,(H,17,18). The van der Waals surface area contributed by atoms with E-state index in [2.05, 4.69) is 24.0 Å². The molecule has 0 bridgehead atoms. The highest BCUT2D eigenvalue weighted by Gasteiger charge is 2.06. The molecule has 19 heavy (non-hydrogen) atoms. The van der Waals surface area contributed by atoms with Gasteiger partial charge >= 0.3 is 5.97 Å². The van der Waals surface area contributed by atoms with Crippen LogP contribution in [0.25, 0.3) is 0 Å². The largest absolute Gasteiger partial charge is 0.496 e. The van der Waals surface area contributed by atoms with Crippen molar-refractivity contribution >= 4 is 5.97 Å². The van der Waals surface area contributed by atoms with Crippen LogP contribution in [0.5, 0.6) is 5.75 Å². The molecule has 1 aromatic carbocycles. The summed E-state index contributed by atoms with van der Waals surface area (Å²) in [6, 6.07) is 6.22. The van der Waals surface area contributed by atoms with Crippen molar-refractivity contribution in [2.45, 2.75) is 32.7 Å². The maximum Gasteiger partial charge on any atom is 0.303 e. The topological polar surface area (TPSA) is 49.8 Å². The number of hydrogen-bond acceptors (Lipinski definition) is 3. The fourth-order valence-corrected chi connectivity index (χ4v) is 2.10. The van der Waals surface area contributed by atoms with Gasteiger partial charge < -0.3 is 14.7 Å². The van der Waals surface area contributed by atoms with E-state index in [0.29, 0.717) is 6.42 Å². The quantitative estimate of drug-likeness (QED) is 0.785. The number of ether oxygens (including phenoxy) is 1. The summed E-state index contributed by atoms with van der Waals surface area (Å²) in [5.41, 5.74) is 2.44. The number of aryl methyl sites for hydroxylation is 1. The van der Waals surface area contributed by atoms with Crippen molar-refractivity contribution in [3.8, 4) is 5.75 Å². The molecular formula is C15H23NO3. The normalized spacial score (nSPS) is 10.7. The average Bonchev–Trinajstić information content (AvgIpc) is 2.38. The molecular weight excluding hydrogens is 242 g/mol. The van der Waals surface area contributed by atoms with E-state index in [1.54, 1.807) is 7.11 Å². The first-order valence-corrected chi connectivity index (χ1v) is 6.63. The van der Waals surface area contributed by atoms with Crippen molar-refractivity contribution < 1.29 is 14.6 Å². The van der Waals surface area contributed by atoms with Gasteiger partial charge in [0.05, 0.1) is 7.11 Å². The molecule has 0 radical (unpaired) electrons. The summed E-state index contributed by atoms with van der Waals surface area (Å²) in [6.07, 6.45) is 1.86. The smallest absolute Gasteiger partial charge is 0.303 e. The Morgan fingerprint density at radius 3 is 2.74 bits per heavy atom. The van der Waals surface area contributed by atoms with E-state index in [-0.39, 0.29) is 6.42 Å². The molecule has 4 heteroatoms. The Morgan fingerprint density at radius 2 is 2.16 bits per heavy atom. The second kappa shape index (κ2) is 7.79. The lowest BCUT2D eigenvalue weighted by molar-refractivity contribution is -0.137. The zero-order chi connectivity index (χ0) is 14.3. The lowest BCUT2D eigenvalue weighted by atomic mass is 10.1. The highest BCUT2D eigenvalue weighted by molar-refractivity contribution is 5.66. The van der Waals surface area contributed by atoms with Crippen LogP contribution in [-0.4, -0.2) is 36.7 Å². The van der Waals surface area contributed by atoms with Crippen LogP contribution in [0.2, 0.25) is 0 Å². The summed E-state index contributed by atoms with van der Waals surface area (Å²) < 4.78 is 5.31. The van der Waals surface area contributed by atoms with Gasteiger partial charge in [0.15, 0.2) is 0 Å². The molecule has 106 valence electrons. The van der Waals surface area contributed by atoms with Crippen molar-refractivity contribution in [1.29, 1.82) is 0 Å². The average molecular weight is 265 g/mol. The summed E-state index contributed by atoms with van der Waals surface area (Å²) in [5, 5.41) is 8.61. The first kappa shape index (κ1) is 15.5. The molecule has 0 fully saturated rings. The molecule has 0 amide bonds. The van der Waals surface area contributed by atoms with Gasteiger partial charge in [0.25, 0.3) is 0 Å². The second-order valence-electron chi connectivity index (χ2n) is 4.73. The Labute approximate surface area is 115 Å². The van der Waals surface area contributed by atoms with Gasteiger partial charge in [-0.1, -0.05) is 19.1 Å². The van der Waals surface area contributed by atoms with E-state index in [1.165, 1.54) is 11.1 Å². The molecule has 4 nitrogen and oxygen atoms in total. The molecule has 0 atom stereocenters. The van der Waals surface area contributed by atoms with E-state index >= 15 is 0 Å². The molecule has 0 aliphatic carbocycles. The van der Waals surface area contributed by atoms with E-state index < -0.39 is 5.97 Å². The molecule has 0 spiro atoms. The number of carboxylic acids is 1. The van der Waals surface area contributed by atoms with E-state index in [9.17, 15) is 4.79 Å². The van der Waals surface area contributed by atoms with E-state index in [1.807, 2.05) is 13.1 Å². The van der Waals surface area contributed by atoms with Crippen molar-refractivity contribution in [2.75, 3.05) is 20.7 Å². The van der Waals surface area contributed by atoms with Gasteiger partial charge in [-0.2, -0.15) is 0 Å². The molecule has 1 aromatic rings. The van der Waals surface area contributed by atoms with Gasteiger partial charge in [-0.3, -0.25) is 4.79 Å². The minimum atomic E-state index is -0.730. The van der Waals surface area contributed by atoms with Gasteiger partial charge in [0, 0.05) is 13.0 Å². The summed E-state index contributed by atoms with van der Waals surface area (Å²) in [7, 11) is 3.70. The third-order valence-corrected chi connectivity index (χ3v) is 3.11. The zero-order valence-electron chi connectivity index (χ0n) is 12.0. The molecule has 1 N–H and O–H groups in total. The third kappa shape index (κ3) is 5.30. The molecule has 0 saturated heterocycles. The Kier molecular flexibility index (Phi) is 6.36. The minimum Gasteiger partial charge on any atom is -0.496 e. The van der Waals surface area contributed by atoms with Crippen LogP contribution in [0, 0.1) is 0 Å². The zero-order valence-corrected chi connectivity index (χ0v) is 12.0. The second-order valence-corrected chi connectivity index (χ2v) is 4.73. The molecule has 0 aromatic heterocycles. The van der Waals surface area contributed by atoms with E-state index in [0.717, 1.165) is 25.3 Å². The summed E-state index contributed by atoms with van der Waals surface area (Å²) >= 11 is 0. The molecule has 0 unspecified atom stereocenters. The number of benzene rings is 1. The Morgan fingerprint density at radius 1 is 1.42 bits per heavy atom. The van der Waals surface area contributed by atoms with Gasteiger partial charge in [0.2, 0.25) is 0 Å². The third-order valence-electron chi connectivity index (χ3n) is 3.11. The van der Waals surface area contributed by atoms with Crippen LogP contribution in [0.1, 0.15) is 30.9 Å². The fraction of sp³-hybridized carbons (Fsp3) is 0.533. The first-order valence-electron chi connectivity index (χ1n) is 6.63. The SMILES string of the molecule is CCc1cc(CN(C)CCCC(=O)O)ccc1OC. The van der Waals surface area contributed by atoms with E-state index in [4.69, 9.17) is 9.84 Å². The van der Waals surface area contributed by atoms with Crippen molar-refractivity contribution in [3.63, 3.8) is 0 Å². The number of rotatable bonds is 8. The molecule has 0 saturated carbocycles. The Hall–Kier alpha value is -1.55. The lowest BCUT2D eigenvalue weighted by Gasteiger charge is -2.17. The maximum atomic E-state index is 10.5. The van der Waals surface area contributed by atoms with Crippen LogP contribution >= 0.6 is 0 Å². The number of hydrogen-bond donors (Lipinski definition) is 1. The summed E-state index contributed by atoms with van der Waals surface area (Å²) in [6.45, 7) is 3.73. The Balaban J connectivity index is 2.54.